The van der Waals surface area contributed by atoms with Crippen molar-refractivity contribution in [3.63, 3.8) is 0 Å². The normalized spacial score (nSPS) is 12.3. The Morgan fingerprint density at radius 1 is 0.857 bits per heavy atom. The molecule has 0 heterocycles. The maximum atomic E-state index is 13.1. The maximum absolute atomic E-state index is 13.1. The smallest absolute Gasteiger partial charge is 0.313 e. The van der Waals surface area contributed by atoms with Crippen molar-refractivity contribution in [2.45, 2.75) is 0 Å². The van der Waals surface area contributed by atoms with Crippen LogP contribution in [0, 0.1) is 10.1 Å². The molecule has 0 aromatic heterocycles. The van der Waals surface area contributed by atoms with Gasteiger partial charge >= 0.3 is 5.69 Å². The molecular formula is C20H12N2O6. The Kier molecular flexibility index (Phi) is 3.82. The Balaban J connectivity index is 2.03. The number of nitro benzene ring substituents is 1. The summed E-state index contributed by atoms with van der Waals surface area (Å²) in [6.45, 7) is 0. The van der Waals surface area contributed by atoms with Gasteiger partial charge in [0.15, 0.2) is 11.6 Å². The lowest BCUT2D eigenvalue weighted by Gasteiger charge is -2.22. The van der Waals surface area contributed by atoms with Gasteiger partial charge in [0.2, 0.25) is 5.75 Å². The number of hydrogen-bond acceptors (Lipinski definition) is 7. The average molecular weight is 376 g/mol. The van der Waals surface area contributed by atoms with Gasteiger partial charge in [-0.2, -0.15) is 0 Å². The van der Waals surface area contributed by atoms with Crippen molar-refractivity contribution in [2.75, 3.05) is 5.32 Å². The number of hydrogen-bond donors (Lipinski definition) is 3. The molecule has 0 saturated carbocycles. The summed E-state index contributed by atoms with van der Waals surface area (Å²) in [6, 6.07) is 13.5. The molecule has 138 valence electrons. The lowest BCUT2D eigenvalue weighted by atomic mass is 9.81. The topological polar surface area (TPSA) is 130 Å². The van der Waals surface area contributed by atoms with Crippen molar-refractivity contribution in [2.24, 2.45) is 0 Å². The minimum absolute atomic E-state index is 0.0158. The fourth-order valence-electron chi connectivity index (χ4n) is 3.26. The summed E-state index contributed by atoms with van der Waals surface area (Å²) in [5.74, 6) is -2.76. The molecule has 1 aliphatic carbocycles. The van der Waals surface area contributed by atoms with Crippen LogP contribution in [-0.2, 0) is 0 Å². The summed E-state index contributed by atoms with van der Waals surface area (Å²) in [5.41, 5.74) is -1.22. The number of para-hydroxylation sites is 1. The van der Waals surface area contributed by atoms with Gasteiger partial charge in [-0.25, -0.2) is 0 Å². The van der Waals surface area contributed by atoms with Crippen molar-refractivity contribution >= 4 is 28.6 Å². The van der Waals surface area contributed by atoms with Gasteiger partial charge < -0.3 is 15.5 Å². The molecule has 0 aliphatic heterocycles. The molecule has 0 unspecified atom stereocenters. The molecule has 0 radical (unpaired) electrons. The third-order valence-corrected chi connectivity index (χ3v) is 4.50. The molecule has 1 aliphatic rings. The van der Waals surface area contributed by atoms with Crippen LogP contribution in [0.4, 0.5) is 17.1 Å². The van der Waals surface area contributed by atoms with E-state index in [-0.39, 0.29) is 28.1 Å². The highest BCUT2D eigenvalue weighted by Crippen LogP contribution is 2.44. The molecule has 3 N–H and O–H groups in total. The molecule has 0 saturated heterocycles. The first-order valence-electron chi connectivity index (χ1n) is 8.18. The van der Waals surface area contributed by atoms with E-state index in [4.69, 9.17) is 0 Å². The summed E-state index contributed by atoms with van der Waals surface area (Å²) in [7, 11) is 0. The fraction of sp³-hybridized carbons (Fsp3) is 0. The van der Waals surface area contributed by atoms with Crippen LogP contribution in [0.15, 0.2) is 54.6 Å². The number of carbonyl (C=O) groups excluding carboxylic acids is 2. The molecule has 0 spiro atoms. The molecule has 3 aromatic carbocycles. The van der Waals surface area contributed by atoms with Crippen LogP contribution in [-0.4, -0.2) is 26.7 Å². The molecule has 0 bridgehead atoms. The second kappa shape index (κ2) is 6.20. The number of carbonyl (C=O) groups is 2. The first-order chi connectivity index (χ1) is 13.4. The van der Waals surface area contributed by atoms with Crippen molar-refractivity contribution < 1.29 is 24.7 Å². The number of phenols is 2. The van der Waals surface area contributed by atoms with Gasteiger partial charge in [0.1, 0.15) is 5.75 Å². The zero-order valence-corrected chi connectivity index (χ0v) is 14.2. The van der Waals surface area contributed by atoms with Crippen LogP contribution in [0.5, 0.6) is 11.5 Å². The molecule has 0 amide bonds. The summed E-state index contributed by atoms with van der Waals surface area (Å²) < 4.78 is 0. The molecule has 3 aromatic rings. The standard InChI is InChI=1S/C20H12N2O6/c23-14-8-4-7-11-15(14)20(26)16-12(21-10-5-2-1-3-6-10)9-13(22(27)28)19(25)17(16)18(11)24/h1-9,21,23,25H. The summed E-state index contributed by atoms with van der Waals surface area (Å²) in [4.78, 5) is 36.6. The van der Waals surface area contributed by atoms with Crippen molar-refractivity contribution in [1.29, 1.82) is 0 Å². The van der Waals surface area contributed by atoms with Crippen LogP contribution in [0.1, 0.15) is 31.8 Å². The summed E-state index contributed by atoms with van der Waals surface area (Å²) in [6.07, 6.45) is 0. The van der Waals surface area contributed by atoms with E-state index in [9.17, 15) is 29.9 Å². The second-order valence-corrected chi connectivity index (χ2v) is 6.15. The number of anilines is 2. The second-order valence-electron chi connectivity index (χ2n) is 6.15. The van der Waals surface area contributed by atoms with Gasteiger partial charge in [-0.05, 0) is 18.2 Å². The number of ketones is 2. The van der Waals surface area contributed by atoms with E-state index in [1.54, 1.807) is 30.3 Å². The third-order valence-electron chi connectivity index (χ3n) is 4.50. The van der Waals surface area contributed by atoms with Crippen molar-refractivity contribution in [1.82, 2.24) is 0 Å². The number of nitro groups is 1. The number of benzene rings is 3. The van der Waals surface area contributed by atoms with E-state index in [1.165, 1.54) is 18.2 Å². The predicted molar refractivity (Wildman–Crippen MR) is 99.5 cm³/mol. The highest BCUT2D eigenvalue weighted by molar-refractivity contribution is 6.32. The number of nitrogens with one attached hydrogen (secondary N) is 1. The van der Waals surface area contributed by atoms with Gasteiger partial charge in [0, 0.05) is 17.3 Å². The highest BCUT2D eigenvalue weighted by Gasteiger charge is 2.39. The van der Waals surface area contributed by atoms with Gasteiger partial charge in [0.05, 0.1) is 27.3 Å². The van der Waals surface area contributed by atoms with Gasteiger partial charge in [-0.1, -0.05) is 30.3 Å². The Hall–Kier alpha value is -4.20. The van der Waals surface area contributed by atoms with E-state index in [1.807, 2.05) is 0 Å². The minimum Gasteiger partial charge on any atom is -0.507 e. The van der Waals surface area contributed by atoms with E-state index >= 15 is 0 Å². The molecular weight excluding hydrogens is 364 g/mol. The Labute approximate surface area is 157 Å². The molecule has 0 atom stereocenters. The highest BCUT2D eigenvalue weighted by atomic mass is 16.6. The molecule has 4 rings (SSSR count). The Bertz CT molecular complexity index is 1170. The summed E-state index contributed by atoms with van der Waals surface area (Å²) in [5, 5.41) is 34.7. The number of rotatable bonds is 3. The number of fused-ring (bicyclic) bond motifs is 2. The van der Waals surface area contributed by atoms with Crippen LogP contribution in [0.25, 0.3) is 0 Å². The van der Waals surface area contributed by atoms with Crippen molar-refractivity contribution in [3.05, 3.63) is 87.0 Å². The third kappa shape index (κ3) is 2.47. The van der Waals surface area contributed by atoms with Gasteiger partial charge in [0.25, 0.3) is 0 Å². The van der Waals surface area contributed by atoms with Crippen LogP contribution >= 0.6 is 0 Å². The zero-order valence-electron chi connectivity index (χ0n) is 14.2. The molecule has 0 fully saturated rings. The zero-order chi connectivity index (χ0) is 20.0. The van der Waals surface area contributed by atoms with Gasteiger partial charge in [-0.3, -0.25) is 19.7 Å². The van der Waals surface area contributed by atoms with Crippen LogP contribution in [0.3, 0.4) is 0 Å². The first kappa shape index (κ1) is 17.2. The van der Waals surface area contributed by atoms with E-state index in [2.05, 4.69) is 5.32 Å². The number of phenolic OH excluding ortho intramolecular Hbond substituents is 2. The Morgan fingerprint density at radius 2 is 1.57 bits per heavy atom. The average Bonchev–Trinajstić information content (AvgIpc) is 2.67. The van der Waals surface area contributed by atoms with E-state index in [0.29, 0.717) is 5.69 Å². The first-order valence-corrected chi connectivity index (χ1v) is 8.18. The monoisotopic (exact) mass is 376 g/mol. The lowest BCUT2D eigenvalue weighted by molar-refractivity contribution is -0.385. The fourth-order valence-corrected chi connectivity index (χ4v) is 3.26. The largest absolute Gasteiger partial charge is 0.507 e. The number of aromatic hydroxyl groups is 2. The quantitative estimate of drug-likeness (QED) is 0.283. The van der Waals surface area contributed by atoms with Crippen LogP contribution < -0.4 is 5.32 Å². The SMILES string of the molecule is O=C1c2c(O)cccc2C(=O)c2c(O)c([N+](=O)[O-])cc(Nc3ccccc3)c21. The number of nitrogens with zero attached hydrogens (tertiary/aromatic N) is 1. The van der Waals surface area contributed by atoms with Gasteiger partial charge in [-0.15, -0.1) is 0 Å². The minimum atomic E-state index is -0.883. The van der Waals surface area contributed by atoms with Crippen molar-refractivity contribution in [3.8, 4) is 11.5 Å². The maximum Gasteiger partial charge on any atom is 0.313 e. The van der Waals surface area contributed by atoms with Crippen LogP contribution in [0.2, 0.25) is 0 Å². The van der Waals surface area contributed by atoms with E-state index in [0.717, 1.165) is 6.07 Å². The molecule has 8 nitrogen and oxygen atoms in total. The molecule has 28 heavy (non-hydrogen) atoms. The Morgan fingerprint density at radius 3 is 2.25 bits per heavy atom. The lowest BCUT2D eigenvalue weighted by Crippen LogP contribution is -2.23. The molecule has 8 heteroatoms. The predicted octanol–water partition coefficient (Wildman–Crippen LogP) is 3.53. The summed E-state index contributed by atoms with van der Waals surface area (Å²) >= 11 is 0. The van der Waals surface area contributed by atoms with E-state index < -0.39 is 33.5 Å².